The molecule has 0 saturated heterocycles. The first kappa shape index (κ1) is 24.9. The number of amides is 1. The third-order valence-electron chi connectivity index (χ3n) is 5.24. The molecule has 0 atom stereocenters. The van der Waals surface area contributed by atoms with Gasteiger partial charge in [0.1, 0.15) is 0 Å². The Hall–Kier alpha value is -1.15. The highest BCUT2D eigenvalue weighted by Crippen LogP contribution is 2.27. The van der Waals surface area contributed by atoms with E-state index in [9.17, 15) is 13.2 Å². The number of unbranched alkanes of at least 4 members (excludes halogenated alkanes) is 3. The molecule has 2 rings (SSSR count). The van der Waals surface area contributed by atoms with Gasteiger partial charge in [0.25, 0.3) is 0 Å². The first-order valence-corrected chi connectivity index (χ1v) is 11.5. The fourth-order valence-electron chi connectivity index (χ4n) is 3.55. The van der Waals surface area contributed by atoms with Crippen molar-refractivity contribution >= 4 is 34.0 Å². The zero-order valence-electron chi connectivity index (χ0n) is 16.7. The van der Waals surface area contributed by atoms with Gasteiger partial charge in [-0.2, -0.15) is 4.31 Å². The lowest BCUT2D eigenvalue weighted by Gasteiger charge is -2.30. The van der Waals surface area contributed by atoms with Crippen molar-refractivity contribution in [2.45, 2.75) is 75.1 Å². The van der Waals surface area contributed by atoms with Crippen molar-refractivity contribution in [3.8, 4) is 0 Å². The smallest absolute Gasteiger partial charge is 0.243 e. The van der Waals surface area contributed by atoms with Crippen LogP contribution in [0.15, 0.2) is 29.2 Å². The van der Waals surface area contributed by atoms with Gasteiger partial charge in [-0.05, 0) is 50.4 Å². The first-order valence-electron chi connectivity index (χ1n) is 10.0. The van der Waals surface area contributed by atoms with Crippen LogP contribution in [-0.2, 0) is 14.8 Å². The Morgan fingerprint density at radius 1 is 1.14 bits per heavy atom. The summed E-state index contributed by atoms with van der Waals surface area (Å²) in [5, 5.41) is 2.82. The molecule has 1 aliphatic rings. The third kappa shape index (κ3) is 7.35. The molecular weight excluding hydrogens is 398 g/mol. The number of sulfonamides is 1. The predicted molar refractivity (Wildman–Crippen MR) is 116 cm³/mol. The van der Waals surface area contributed by atoms with Crippen LogP contribution in [0, 0.1) is 0 Å². The third-order valence-corrected chi connectivity index (χ3v) is 7.15. The van der Waals surface area contributed by atoms with Gasteiger partial charge in [0.2, 0.25) is 15.9 Å². The summed E-state index contributed by atoms with van der Waals surface area (Å²) in [7, 11) is -1.89. The standard InChI is InChI=1S/C20H33N3O3S.ClH/c1-23(18-11-5-4-6-12-18)27(25,26)19-13-9-10-17(16-19)22-20(24)14-7-2-3-8-15-21;/h9-10,13,16,18H,2-8,11-12,14-15,21H2,1H3,(H,22,24);1H. The van der Waals surface area contributed by atoms with E-state index in [1.165, 1.54) is 10.7 Å². The van der Waals surface area contributed by atoms with Crippen LogP contribution in [0.1, 0.15) is 64.2 Å². The maximum absolute atomic E-state index is 12.9. The van der Waals surface area contributed by atoms with Crippen molar-refractivity contribution in [2.24, 2.45) is 5.73 Å². The summed E-state index contributed by atoms with van der Waals surface area (Å²) in [6.07, 6.45) is 9.40. The van der Waals surface area contributed by atoms with Gasteiger partial charge in [0.05, 0.1) is 4.90 Å². The Morgan fingerprint density at radius 3 is 2.50 bits per heavy atom. The Bertz CT molecular complexity index is 706. The fraction of sp³-hybridized carbons (Fsp3) is 0.650. The van der Waals surface area contributed by atoms with Crippen LogP contribution in [0.5, 0.6) is 0 Å². The van der Waals surface area contributed by atoms with E-state index in [0.717, 1.165) is 51.4 Å². The van der Waals surface area contributed by atoms with E-state index in [2.05, 4.69) is 5.32 Å². The number of benzene rings is 1. The van der Waals surface area contributed by atoms with E-state index in [1.807, 2.05) is 0 Å². The number of carbonyl (C=O) groups excluding carboxylic acids is 1. The molecule has 1 aliphatic carbocycles. The zero-order chi connectivity index (χ0) is 19.7. The molecule has 3 N–H and O–H groups in total. The van der Waals surface area contributed by atoms with Crippen molar-refractivity contribution < 1.29 is 13.2 Å². The first-order chi connectivity index (χ1) is 12.9. The lowest BCUT2D eigenvalue weighted by Crippen LogP contribution is -2.38. The molecule has 8 heteroatoms. The lowest BCUT2D eigenvalue weighted by atomic mass is 9.96. The quantitative estimate of drug-likeness (QED) is 0.549. The molecule has 0 bridgehead atoms. The number of hydrogen-bond acceptors (Lipinski definition) is 4. The van der Waals surface area contributed by atoms with Gasteiger partial charge in [0.15, 0.2) is 0 Å². The number of hydrogen-bond donors (Lipinski definition) is 2. The highest BCUT2D eigenvalue weighted by atomic mass is 35.5. The predicted octanol–water partition coefficient (Wildman–Crippen LogP) is 3.91. The Morgan fingerprint density at radius 2 is 1.82 bits per heavy atom. The number of halogens is 1. The topological polar surface area (TPSA) is 92.5 Å². The molecule has 0 spiro atoms. The summed E-state index contributed by atoms with van der Waals surface area (Å²) in [6, 6.07) is 6.62. The van der Waals surface area contributed by atoms with Crippen molar-refractivity contribution in [1.29, 1.82) is 0 Å². The monoisotopic (exact) mass is 431 g/mol. The average Bonchev–Trinajstić information content (AvgIpc) is 2.68. The summed E-state index contributed by atoms with van der Waals surface area (Å²) in [5.41, 5.74) is 5.99. The van der Waals surface area contributed by atoms with Crippen molar-refractivity contribution in [2.75, 3.05) is 18.9 Å². The molecule has 0 aromatic heterocycles. The van der Waals surface area contributed by atoms with Gasteiger partial charge in [0, 0.05) is 25.2 Å². The maximum Gasteiger partial charge on any atom is 0.243 e. The average molecular weight is 432 g/mol. The second-order valence-corrected chi connectivity index (χ2v) is 9.34. The van der Waals surface area contributed by atoms with Crippen LogP contribution in [0.4, 0.5) is 5.69 Å². The van der Waals surface area contributed by atoms with Gasteiger partial charge in [-0.1, -0.05) is 38.2 Å². The van der Waals surface area contributed by atoms with E-state index < -0.39 is 10.0 Å². The van der Waals surface area contributed by atoms with E-state index in [1.54, 1.807) is 31.3 Å². The lowest BCUT2D eigenvalue weighted by molar-refractivity contribution is -0.116. The fourth-order valence-corrected chi connectivity index (χ4v) is 5.01. The van der Waals surface area contributed by atoms with Gasteiger partial charge in [-0.3, -0.25) is 4.79 Å². The van der Waals surface area contributed by atoms with Crippen molar-refractivity contribution in [1.82, 2.24) is 4.31 Å². The number of nitrogens with two attached hydrogens (primary N) is 1. The van der Waals surface area contributed by atoms with E-state index >= 15 is 0 Å². The summed E-state index contributed by atoms with van der Waals surface area (Å²) in [6.45, 7) is 0.683. The number of nitrogens with zero attached hydrogens (tertiary/aromatic N) is 1. The molecular formula is C20H34ClN3O3S. The van der Waals surface area contributed by atoms with Gasteiger partial charge in [-0.25, -0.2) is 8.42 Å². The zero-order valence-corrected chi connectivity index (χ0v) is 18.4. The van der Waals surface area contributed by atoms with Crippen LogP contribution in [0.3, 0.4) is 0 Å². The minimum atomic E-state index is -3.55. The second kappa shape index (κ2) is 12.4. The summed E-state index contributed by atoms with van der Waals surface area (Å²) >= 11 is 0. The number of carbonyl (C=O) groups is 1. The van der Waals surface area contributed by atoms with Crippen molar-refractivity contribution in [3.05, 3.63) is 24.3 Å². The van der Waals surface area contributed by atoms with E-state index in [4.69, 9.17) is 5.73 Å². The molecule has 0 aliphatic heterocycles. The minimum absolute atomic E-state index is 0. The second-order valence-electron chi connectivity index (χ2n) is 7.34. The number of rotatable bonds is 10. The normalized spacial score (nSPS) is 15.2. The number of anilines is 1. The van der Waals surface area contributed by atoms with Gasteiger partial charge < -0.3 is 11.1 Å². The van der Waals surface area contributed by atoms with E-state index in [-0.39, 0.29) is 29.3 Å². The summed E-state index contributed by atoms with van der Waals surface area (Å²) < 4.78 is 27.4. The molecule has 1 aromatic rings. The SMILES string of the molecule is CN(C1CCCCC1)S(=O)(=O)c1cccc(NC(=O)CCCCCCN)c1.Cl. The molecule has 6 nitrogen and oxygen atoms in total. The highest BCUT2D eigenvalue weighted by molar-refractivity contribution is 7.89. The summed E-state index contributed by atoms with van der Waals surface area (Å²) in [4.78, 5) is 12.3. The Kier molecular flexibility index (Phi) is 11.0. The molecule has 28 heavy (non-hydrogen) atoms. The molecule has 160 valence electrons. The largest absolute Gasteiger partial charge is 0.330 e. The minimum Gasteiger partial charge on any atom is -0.330 e. The molecule has 1 saturated carbocycles. The number of nitrogens with one attached hydrogen (secondary N) is 1. The van der Waals surface area contributed by atoms with Gasteiger partial charge >= 0.3 is 0 Å². The molecule has 1 amide bonds. The molecule has 0 heterocycles. The Labute approximate surface area is 175 Å². The molecule has 0 unspecified atom stereocenters. The molecule has 0 radical (unpaired) electrons. The molecule has 1 fully saturated rings. The van der Waals surface area contributed by atoms with Crippen molar-refractivity contribution in [3.63, 3.8) is 0 Å². The van der Waals surface area contributed by atoms with Crippen LogP contribution >= 0.6 is 12.4 Å². The maximum atomic E-state index is 12.9. The highest BCUT2D eigenvalue weighted by Gasteiger charge is 2.29. The molecule has 1 aromatic carbocycles. The van der Waals surface area contributed by atoms with Gasteiger partial charge in [-0.15, -0.1) is 12.4 Å². The van der Waals surface area contributed by atoms with Crippen LogP contribution in [0.2, 0.25) is 0 Å². The summed E-state index contributed by atoms with van der Waals surface area (Å²) in [5.74, 6) is -0.0852. The van der Waals surface area contributed by atoms with E-state index in [0.29, 0.717) is 18.7 Å². The van der Waals surface area contributed by atoms with Crippen LogP contribution in [0.25, 0.3) is 0 Å². The van der Waals surface area contributed by atoms with Crippen LogP contribution in [-0.4, -0.2) is 38.3 Å². The Balaban J connectivity index is 0.00000392. The van der Waals surface area contributed by atoms with Crippen LogP contribution < -0.4 is 11.1 Å².